The van der Waals surface area contributed by atoms with Gasteiger partial charge >= 0.3 is 0 Å². The molecule has 0 bridgehead atoms. The van der Waals surface area contributed by atoms with Crippen LogP contribution in [0, 0.1) is 11.6 Å². The van der Waals surface area contributed by atoms with E-state index < -0.39 is 11.6 Å². The molecule has 0 aliphatic rings. The highest BCUT2D eigenvalue weighted by Crippen LogP contribution is 2.17. The smallest absolute Gasteiger partial charge is 0.146 e. The Balaban J connectivity index is 2.28. The lowest BCUT2D eigenvalue weighted by atomic mass is 10.1. The van der Waals surface area contributed by atoms with E-state index in [1.807, 2.05) is 0 Å². The topological polar surface area (TPSA) is 64.9 Å². The van der Waals surface area contributed by atoms with E-state index in [0.29, 0.717) is 17.7 Å². The van der Waals surface area contributed by atoms with Crippen molar-refractivity contribution in [2.45, 2.75) is 6.42 Å². The van der Waals surface area contributed by atoms with Crippen LogP contribution < -0.4 is 11.5 Å². The average molecular weight is 235 g/mol. The molecule has 1 heterocycles. The molecule has 0 aliphatic carbocycles. The standard InChI is InChI=1S/C12H11F2N3/c13-9-2-7(3-10(14)5-9)1-8-4-11(15)12(16)17-6-8/h2-6H,1,15H2,(H2,16,17). The zero-order valence-corrected chi connectivity index (χ0v) is 8.95. The van der Waals surface area contributed by atoms with Crippen molar-refractivity contribution in [2.75, 3.05) is 11.5 Å². The summed E-state index contributed by atoms with van der Waals surface area (Å²) in [7, 11) is 0. The second-order valence-corrected chi connectivity index (χ2v) is 3.77. The summed E-state index contributed by atoms with van der Waals surface area (Å²) in [6.07, 6.45) is 1.89. The Morgan fingerprint density at radius 2 is 1.59 bits per heavy atom. The molecule has 0 atom stereocenters. The van der Waals surface area contributed by atoms with Gasteiger partial charge in [-0.1, -0.05) is 0 Å². The molecule has 1 aromatic heterocycles. The summed E-state index contributed by atoms with van der Waals surface area (Å²) in [5.74, 6) is -0.952. The SMILES string of the molecule is Nc1cc(Cc2cc(F)cc(F)c2)cnc1N. The fourth-order valence-electron chi connectivity index (χ4n) is 1.58. The number of rotatable bonds is 2. The molecule has 0 saturated heterocycles. The first-order valence-corrected chi connectivity index (χ1v) is 4.99. The van der Waals surface area contributed by atoms with E-state index in [9.17, 15) is 8.78 Å². The van der Waals surface area contributed by atoms with Crippen LogP contribution in [0.2, 0.25) is 0 Å². The summed E-state index contributed by atoms with van der Waals surface area (Å²) >= 11 is 0. The number of hydrogen-bond acceptors (Lipinski definition) is 3. The predicted molar refractivity (Wildman–Crippen MR) is 62.2 cm³/mol. The first-order chi connectivity index (χ1) is 8.04. The van der Waals surface area contributed by atoms with Crippen molar-refractivity contribution in [3.63, 3.8) is 0 Å². The molecule has 0 spiro atoms. The first-order valence-electron chi connectivity index (χ1n) is 4.99. The molecule has 2 aromatic rings. The number of halogens is 2. The van der Waals surface area contributed by atoms with E-state index in [1.54, 1.807) is 6.07 Å². The molecule has 0 aliphatic heterocycles. The highest BCUT2D eigenvalue weighted by Gasteiger charge is 2.04. The number of hydrogen-bond donors (Lipinski definition) is 2. The second kappa shape index (κ2) is 4.37. The van der Waals surface area contributed by atoms with Gasteiger partial charge in [-0.05, 0) is 35.7 Å². The maximum absolute atomic E-state index is 13.0. The third-order valence-electron chi connectivity index (χ3n) is 2.34. The monoisotopic (exact) mass is 235 g/mol. The van der Waals surface area contributed by atoms with Crippen LogP contribution in [0.5, 0.6) is 0 Å². The van der Waals surface area contributed by atoms with E-state index in [-0.39, 0.29) is 5.82 Å². The minimum Gasteiger partial charge on any atom is -0.396 e. The van der Waals surface area contributed by atoms with Gasteiger partial charge in [-0.2, -0.15) is 0 Å². The van der Waals surface area contributed by atoms with Gasteiger partial charge in [0.15, 0.2) is 0 Å². The third-order valence-corrected chi connectivity index (χ3v) is 2.34. The lowest BCUT2D eigenvalue weighted by Crippen LogP contribution is -2.00. The van der Waals surface area contributed by atoms with Crippen molar-refractivity contribution in [2.24, 2.45) is 0 Å². The van der Waals surface area contributed by atoms with E-state index >= 15 is 0 Å². The Hall–Kier alpha value is -2.17. The molecule has 0 saturated carbocycles. The molecule has 0 radical (unpaired) electrons. The zero-order chi connectivity index (χ0) is 12.4. The Morgan fingerprint density at radius 1 is 0.941 bits per heavy atom. The van der Waals surface area contributed by atoms with Gasteiger partial charge < -0.3 is 11.5 Å². The molecule has 5 heteroatoms. The van der Waals surface area contributed by atoms with Gasteiger partial charge in [0.25, 0.3) is 0 Å². The van der Waals surface area contributed by atoms with Crippen molar-refractivity contribution in [3.8, 4) is 0 Å². The van der Waals surface area contributed by atoms with Crippen LogP contribution in [0.1, 0.15) is 11.1 Å². The van der Waals surface area contributed by atoms with Crippen molar-refractivity contribution in [1.29, 1.82) is 0 Å². The highest BCUT2D eigenvalue weighted by molar-refractivity contribution is 5.58. The molecular weight excluding hydrogens is 224 g/mol. The van der Waals surface area contributed by atoms with Crippen LogP contribution in [-0.2, 0) is 6.42 Å². The van der Waals surface area contributed by atoms with E-state index in [2.05, 4.69) is 4.98 Å². The summed E-state index contributed by atoms with van der Waals surface area (Å²) in [6, 6.07) is 5.02. The second-order valence-electron chi connectivity index (χ2n) is 3.77. The van der Waals surface area contributed by atoms with Gasteiger partial charge in [-0.15, -0.1) is 0 Å². The van der Waals surface area contributed by atoms with Crippen molar-refractivity contribution in [3.05, 3.63) is 53.2 Å². The Labute approximate surface area is 97.1 Å². The van der Waals surface area contributed by atoms with Gasteiger partial charge in [0, 0.05) is 12.3 Å². The summed E-state index contributed by atoms with van der Waals surface area (Å²) in [6.45, 7) is 0. The fourth-order valence-corrected chi connectivity index (χ4v) is 1.58. The van der Waals surface area contributed by atoms with Gasteiger partial charge in [0.2, 0.25) is 0 Å². The first kappa shape index (κ1) is 11.3. The minimum absolute atomic E-state index is 0.249. The van der Waals surface area contributed by atoms with E-state index in [4.69, 9.17) is 11.5 Å². The molecule has 88 valence electrons. The minimum atomic E-state index is -0.601. The molecule has 0 amide bonds. The number of aromatic nitrogens is 1. The molecule has 0 unspecified atom stereocenters. The van der Waals surface area contributed by atoms with Crippen LogP contribution in [0.4, 0.5) is 20.3 Å². The number of nitrogen functional groups attached to an aromatic ring is 2. The average Bonchev–Trinajstić information content (AvgIpc) is 2.22. The maximum Gasteiger partial charge on any atom is 0.146 e. The lowest BCUT2D eigenvalue weighted by molar-refractivity contribution is 0.580. The summed E-state index contributed by atoms with van der Waals surface area (Å²) < 4.78 is 25.9. The van der Waals surface area contributed by atoms with Gasteiger partial charge in [-0.25, -0.2) is 13.8 Å². The largest absolute Gasteiger partial charge is 0.396 e. The number of benzene rings is 1. The van der Waals surface area contributed by atoms with Gasteiger partial charge in [0.05, 0.1) is 5.69 Å². The van der Waals surface area contributed by atoms with Crippen LogP contribution in [-0.4, -0.2) is 4.98 Å². The molecule has 4 N–H and O–H groups in total. The Bertz CT molecular complexity index is 535. The van der Waals surface area contributed by atoms with Crippen LogP contribution in [0.3, 0.4) is 0 Å². The van der Waals surface area contributed by atoms with Crippen molar-refractivity contribution in [1.82, 2.24) is 4.98 Å². The summed E-state index contributed by atoms with van der Waals surface area (Å²) in [4.78, 5) is 3.88. The molecule has 17 heavy (non-hydrogen) atoms. The number of pyridine rings is 1. The number of nitrogens with zero attached hydrogens (tertiary/aromatic N) is 1. The van der Waals surface area contributed by atoms with Crippen LogP contribution in [0.15, 0.2) is 30.5 Å². The number of nitrogens with two attached hydrogens (primary N) is 2. The molecule has 2 rings (SSSR count). The third kappa shape index (κ3) is 2.69. The normalized spacial score (nSPS) is 10.5. The molecule has 3 nitrogen and oxygen atoms in total. The highest BCUT2D eigenvalue weighted by atomic mass is 19.1. The summed E-state index contributed by atoms with van der Waals surface area (Å²) in [5.41, 5.74) is 12.7. The van der Waals surface area contributed by atoms with Gasteiger partial charge in [-0.3, -0.25) is 0 Å². The number of anilines is 2. The van der Waals surface area contributed by atoms with Crippen molar-refractivity contribution < 1.29 is 8.78 Å². The predicted octanol–water partition coefficient (Wildman–Crippen LogP) is 2.11. The molecular formula is C12H11F2N3. The Morgan fingerprint density at radius 3 is 2.18 bits per heavy atom. The van der Waals surface area contributed by atoms with E-state index in [0.717, 1.165) is 11.6 Å². The summed E-state index contributed by atoms with van der Waals surface area (Å²) in [5, 5.41) is 0. The van der Waals surface area contributed by atoms with Crippen molar-refractivity contribution >= 4 is 11.5 Å². The Kier molecular flexibility index (Phi) is 2.91. The quantitative estimate of drug-likeness (QED) is 0.837. The maximum atomic E-state index is 13.0. The van der Waals surface area contributed by atoms with E-state index in [1.165, 1.54) is 18.3 Å². The zero-order valence-electron chi connectivity index (χ0n) is 8.95. The fraction of sp³-hybridized carbons (Fsp3) is 0.0833. The molecule has 0 fully saturated rings. The molecule has 1 aromatic carbocycles. The lowest BCUT2D eigenvalue weighted by Gasteiger charge is -2.05. The van der Waals surface area contributed by atoms with Crippen LogP contribution >= 0.6 is 0 Å². The van der Waals surface area contributed by atoms with Gasteiger partial charge in [0.1, 0.15) is 17.5 Å². The van der Waals surface area contributed by atoms with Crippen LogP contribution in [0.25, 0.3) is 0 Å².